The third-order valence-electron chi connectivity index (χ3n) is 3.96. The summed E-state index contributed by atoms with van der Waals surface area (Å²) < 4.78 is 13.6. The molecule has 4 aromatic rings. The van der Waals surface area contributed by atoms with Gasteiger partial charge >= 0.3 is 0 Å². The van der Waals surface area contributed by atoms with Crippen LogP contribution in [-0.4, -0.2) is 9.97 Å². The molecular formula is C19H16FN3S. The Morgan fingerprint density at radius 2 is 1.96 bits per heavy atom. The highest BCUT2D eigenvalue weighted by Gasteiger charge is 2.08. The number of thiophene rings is 1. The van der Waals surface area contributed by atoms with Crippen molar-refractivity contribution in [3.63, 3.8) is 0 Å². The lowest BCUT2D eigenvalue weighted by Gasteiger charge is -2.04. The molecule has 4 rings (SSSR count). The summed E-state index contributed by atoms with van der Waals surface area (Å²) in [5.41, 5.74) is 2.78. The molecule has 3 heterocycles. The van der Waals surface area contributed by atoms with E-state index in [2.05, 4.69) is 27.4 Å². The van der Waals surface area contributed by atoms with Gasteiger partial charge < -0.3 is 10.3 Å². The molecule has 0 radical (unpaired) electrons. The van der Waals surface area contributed by atoms with Gasteiger partial charge in [-0.3, -0.25) is 0 Å². The van der Waals surface area contributed by atoms with Crippen LogP contribution in [0.3, 0.4) is 0 Å². The van der Waals surface area contributed by atoms with Crippen molar-refractivity contribution in [3.05, 3.63) is 77.2 Å². The van der Waals surface area contributed by atoms with Crippen LogP contribution >= 0.6 is 11.3 Å². The fourth-order valence-electron chi connectivity index (χ4n) is 2.76. The van der Waals surface area contributed by atoms with Crippen molar-refractivity contribution >= 4 is 22.4 Å². The maximum atomic E-state index is 13.6. The van der Waals surface area contributed by atoms with Gasteiger partial charge in [0.1, 0.15) is 11.5 Å². The standard InChI is InChI=1S/C19H16FN3S/c20-17-4-2-1-3-13(17)11-21-12-14-5-6-18(24-14)15-7-9-22-19-16(15)8-10-23-19/h1-10,21H,11-12H2,(H,22,23). The van der Waals surface area contributed by atoms with E-state index in [-0.39, 0.29) is 5.82 Å². The van der Waals surface area contributed by atoms with Gasteiger partial charge in [0, 0.05) is 51.8 Å². The maximum absolute atomic E-state index is 13.6. The van der Waals surface area contributed by atoms with Gasteiger partial charge in [0.05, 0.1) is 0 Å². The van der Waals surface area contributed by atoms with Gasteiger partial charge in [-0.15, -0.1) is 11.3 Å². The third-order valence-corrected chi connectivity index (χ3v) is 5.08. The van der Waals surface area contributed by atoms with Gasteiger partial charge in [-0.2, -0.15) is 0 Å². The van der Waals surface area contributed by atoms with Gasteiger partial charge in [0.15, 0.2) is 0 Å². The minimum absolute atomic E-state index is 0.163. The first-order chi connectivity index (χ1) is 11.8. The molecule has 0 amide bonds. The summed E-state index contributed by atoms with van der Waals surface area (Å²) >= 11 is 1.75. The molecule has 0 unspecified atom stereocenters. The van der Waals surface area contributed by atoms with Crippen LogP contribution in [0.15, 0.2) is 60.9 Å². The molecule has 0 spiro atoms. The predicted octanol–water partition coefficient (Wildman–Crippen LogP) is 4.72. The van der Waals surface area contributed by atoms with Gasteiger partial charge in [-0.1, -0.05) is 18.2 Å². The first-order valence-electron chi connectivity index (χ1n) is 7.76. The van der Waals surface area contributed by atoms with E-state index in [9.17, 15) is 4.39 Å². The maximum Gasteiger partial charge on any atom is 0.137 e. The van der Waals surface area contributed by atoms with Gasteiger partial charge in [-0.05, 0) is 30.3 Å². The van der Waals surface area contributed by atoms with Gasteiger partial charge in [0.2, 0.25) is 0 Å². The van der Waals surface area contributed by atoms with Crippen molar-refractivity contribution in [2.45, 2.75) is 13.1 Å². The van der Waals surface area contributed by atoms with E-state index >= 15 is 0 Å². The summed E-state index contributed by atoms with van der Waals surface area (Å²) in [6.45, 7) is 1.25. The fraction of sp³-hybridized carbons (Fsp3) is 0.105. The summed E-state index contributed by atoms with van der Waals surface area (Å²) in [5, 5.41) is 4.44. The molecule has 3 aromatic heterocycles. The normalized spacial score (nSPS) is 11.2. The second-order valence-electron chi connectivity index (χ2n) is 5.56. The molecule has 2 N–H and O–H groups in total. The number of benzene rings is 1. The molecule has 120 valence electrons. The predicted molar refractivity (Wildman–Crippen MR) is 96.4 cm³/mol. The average Bonchev–Trinajstić information content (AvgIpc) is 3.25. The minimum atomic E-state index is -0.163. The van der Waals surface area contributed by atoms with Crippen molar-refractivity contribution < 1.29 is 4.39 Å². The molecule has 0 aliphatic carbocycles. The van der Waals surface area contributed by atoms with Crippen molar-refractivity contribution in [1.29, 1.82) is 0 Å². The van der Waals surface area contributed by atoms with Crippen LogP contribution in [0.2, 0.25) is 0 Å². The summed E-state index contributed by atoms with van der Waals surface area (Å²) in [6.07, 6.45) is 3.73. The molecule has 0 saturated carbocycles. The van der Waals surface area contributed by atoms with Crippen LogP contribution in [0.4, 0.5) is 4.39 Å². The van der Waals surface area contributed by atoms with Crippen molar-refractivity contribution in [2.24, 2.45) is 0 Å². The van der Waals surface area contributed by atoms with E-state index in [1.54, 1.807) is 17.4 Å². The quantitative estimate of drug-likeness (QED) is 0.553. The molecule has 0 fully saturated rings. The number of fused-ring (bicyclic) bond motifs is 1. The Labute approximate surface area is 143 Å². The lowest BCUT2D eigenvalue weighted by Crippen LogP contribution is -2.12. The third kappa shape index (κ3) is 2.96. The summed E-state index contributed by atoms with van der Waals surface area (Å²) in [6, 6.07) is 15.2. The van der Waals surface area contributed by atoms with E-state index < -0.39 is 0 Å². The molecule has 0 aliphatic heterocycles. The highest BCUT2D eigenvalue weighted by Crippen LogP contribution is 2.32. The largest absolute Gasteiger partial charge is 0.346 e. The van der Waals surface area contributed by atoms with Crippen molar-refractivity contribution in [2.75, 3.05) is 0 Å². The number of H-pyrrole nitrogens is 1. The average molecular weight is 337 g/mol. The van der Waals surface area contributed by atoms with Crippen molar-refractivity contribution in [1.82, 2.24) is 15.3 Å². The van der Waals surface area contributed by atoms with E-state index in [1.165, 1.54) is 21.4 Å². The van der Waals surface area contributed by atoms with Gasteiger partial charge in [-0.25, -0.2) is 9.37 Å². The van der Waals surface area contributed by atoms with E-state index in [4.69, 9.17) is 0 Å². The van der Waals surface area contributed by atoms with E-state index in [0.717, 1.165) is 17.6 Å². The molecule has 3 nitrogen and oxygen atoms in total. The summed E-state index contributed by atoms with van der Waals surface area (Å²) in [4.78, 5) is 9.90. The Kier molecular flexibility index (Phi) is 4.11. The Hall–Kier alpha value is -2.50. The van der Waals surface area contributed by atoms with Crippen LogP contribution in [0.5, 0.6) is 0 Å². The molecule has 0 saturated heterocycles. The Bertz CT molecular complexity index is 973. The number of nitrogens with zero attached hydrogens (tertiary/aromatic N) is 1. The molecule has 0 atom stereocenters. The first-order valence-corrected chi connectivity index (χ1v) is 8.58. The van der Waals surface area contributed by atoms with E-state index in [1.807, 2.05) is 36.7 Å². The number of rotatable bonds is 5. The molecule has 5 heteroatoms. The lowest BCUT2D eigenvalue weighted by atomic mass is 10.1. The van der Waals surface area contributed by atoms with Crippen LogP contribution in [0, 0.1) is 5.82 Å². The highest BCUT2D eigenvalue weighted by atomic mass is 32.1. The second-order valence-corrected chi connectivity index (χ2v) is 6.73. The van der Waals surface area contributed by atoms with Crippen molar-refractivity contribution in [3.8, 4) is 10.4 Å². The number of aromatic amines is 1. The topological polar surface area (TPSA) is 40.7 Å². The zero-order valence-electron chi connectivity index (χ0n) is 12.9. The van der Waals surface area contributed by atoms with Crippen LogP contribution in [0.1, 0.15) is 10.4 Å². The van der Waals surface area contributed by atoms with Gasteiger partial charge in [0.25, 0.3) is 0 Å². The number of pyridine rings is 1. The molecule has 0 bridgehead atoms. The molecule has 24 heavy (non-hydrogen) atoms. The Morgan fingerprint density at radius 3 is 2.88 bits per heavy atom. The lowest BCUT2D eigenvalue weighted by molar-refractivity contribution is 0.589. The summed E-state index contributed by atoms with van der Waals surface area (Å²) in [7, 11) is 0. The number of hydrogen-bond donors (Lipinski definition) is 2. The SMILES string of the molecule is Fc1ccccc1CNCc1ccc(-c2ccnc3[nH]ccc23)s1. The number of halogens is 1. The number of nitrogens with one attached hydrogen (secondary N) is 2. The minimum Gasteiger partial charge on any atom is -0.346 e. The summed E-state index contributed by atoms with van der Waals surface area (Å²) in [5.74, 6) is -0.163. The fourth-order valence-corrected chi connectivity index (χ4v) is 3.77. The molecule has 0 aliphatic rings. The Morgan fingerprint density at radius 1 is 1.04 bits per heavy atom. The molecular weight excluding hydrogens is 321 g/mol. The second kappa shape index (κ2) is 6.55. The number of aromatic nitrogens is 2. The Balaban J connectivity index is 1.47. The zero-order chi connectivity index (χ0) is 16.4. The van der Waals surface area contributed by atoms with E-state index in [0.29, 0.717) is 12.1 Å². The smallest absolute Gasteiger partial charge is 0.137 e. The monoisotopic (exact) mass is 337 g/mol. The molecule has 1 aromatic carbocycles. The highest BCUT2D eigenvalue weighted by molar-refractivity contribution is 7.15. The van der Waals surface area contributed by atoms with Crippen LogP contribution < -0.4 is 5.32 Å². The first kappa shape index (κ1) is 15.1. The van der Waals surface area contributed by atoms with Crippen LogP contribution in [0.25, 0.3) is 21.5 Å². The zero-order valence-corrected chi connectivity index (χ0v) is 13.7. The van der Waals surface area contributed by atoms with Crippen LogP contribution in [-0.2, 0) is 13.1 Å². The number of hydrogen-bond acceptors (Lipinski definition) is 3.